The van der Waals surface area contributed by atoms with Crippen molar-refractivity contribution >= 4 is 17.7 Å². The fourth-order valence-corrected chi connectivity index (χ4v) is 4.19. The monoisotopic (exact) mass is 384 g/mol. The maximum Gasteiger partial charge on any atom is 0.251 e. The molecule has 5 heteroatoms. The lowest BCUT2D eigenvalue weighted by Gasteiger charge is -2.28. The topological polar surface area (TPSA) is 51.2 Å². The number of ether oxygens (including phenoxy) is 1. The molecule has 1 amide bonds. The number of benzene rings is 1. The molecule has 2 aromatic rings. The Balaban J connectivity index is 1.38. The first-order chi connectivity index (χ1) is 13.2. The van der Waals surface area contributed by atoms with Crippen LogP contribution in [-0.2, 0) is 10.5 Å². The van der Waals surface area contributed by atoms with E-state index >= 15 is 0 Å². The zero-order chi connectivity index (χ0) is 18.9. The van der Waals surface area contributed by atoms with Crippen LogP contribution in [0.25, 0.3) is 0 Å². The molecule has 4 nitrogen and oxygen atoms in total. The quantitative estimate of drug-likeness (QED) is 0.529. The molecule has 144 valence electrons. The number of hydrogen-bond acceptors (Lipinski definition) is 4. The van der Waals surface area contributed by atoms with Crippen LogP contribution in [0.2, 0.25) is 0 Å². The van der Waals surface area contributed by atoms with Crippen LogP contribution in [0.1, 0.15) is 48.5 Å². The molecule has 1 aliphatic carbocycles. The Kier molecular flexibility index (Phi) is 7.72. The van der Waals surface area contributed by atoms with Crippen LogP contribution < -0.4 is 5.32 Å². The number of nitrogens with zero attached hydrogens (tertiary/aromatic N) is 1. The maximum atomic E-state index is 12.3. The van der Waals surface area contributed by atoms with Gasteiger partial charge in [-0.25, -0.2) is 0 Å². The lowest BCUT2D eigenvalue weighted by atomic mass is 9.88. The summed E-state index contributed by atoms with van der Waals surface area (Å²) in [4.78, 5) is 17.5. The highest BCUT2D eigenvalue weighted by molar-refractivity contribution is 7.98. The second kappa shape index (κ2) is 10.5. The average molecular weight is 385 g/mol. The van der Waals surface area contributed by atoms with Crippen LogP contribution in [0, 0.1) is 5.92 Å². The number of amides is 1. The Morgan fingerprint density at radius 1 is 1.22 bits per heavy atom. The fourth-order valence-electron chi connectivity index (χ4n) is 3.36. The van der Waals surface area contributed by atoms with Crippen molar-refractivity contribution in [3.8, 4) is 0 Å². The van der Waals surface area contributed by atoms with Crippen LogP contribution in [-0.4, -0.2) is 30.1 Å². The van der Waals surface area contributed by atoms with Gasteiger partial charge in [0.1, 0.15) is 0 Å². The third kappa shape index (κ3) is 6.36. The van der Waals surface area contributed by atoms with E-state index in [4.69, 9.17) is 4.74 Å². The summed E-state index contributed by atoms with van der Waals surface area (Å²) in [6, 6.07) is 11.8. The number of aromatic nitrogens is 1. The molecule has 1 N–H and O–H groups in total. The first kappa shape index (κ1) is 19.9. The third-order valence-corrected chi connectivity index (χ3v) is 6.08. The molecule has 1 saturated carbocycles. The zero-order valence-corrected chi connectivity index (χ0v) is 16.7. The van der Waals surface area contributed by atoms with Gasteiger partial charge < -0.3 is 10.1 Å². The van der Waals surface area contributed by atoms with Gasteiger partial charge in [-0.2, -0.15) is 0 Å². The largest absolute Gasteiger partial charge is 0.376 e. The van der Waals surface area contributed by atoms with Crippen molar-refractivity contribution in [1.82, 2.24) is 10.3 Å². The SMILES string of the molecule is C[C@@H]1CCCC[C@@H]1OCCNC(=O)c1ccc(SCc2cccnc2)cc1. The van der Waals surface area contributed by atoms with Crippen LogP contribution >= 0.6 is 11.8 Å². The molecule has 0 saturated heterocycles. The third-order valence-electron chi connectivity index (χ3n) is 5.00. The molecule has 1 aliphatic rings. The molecular formula is C22H28N2O2S. The fraction of sp³-hybridized carbons (Fsp3) is 0.455. The summed E-state index contributed by atoms with van der Waals surface area (Å²) in [6.07, 6.45) is 8.98. The smallest absolute Gasteiger partial charge is 0.251 e. The molecule has 1 aromatic heterocycles. The van der Waals surface area contributed by atoms with Crippen molar-refractivity contribution in [2.45, 2.75) is 49.4 Å². The lowest BCUT2D eigenvalue weighted by Crippen LogP contribution is -2.31. The van der Waals surface area contributed by atoms with Crippen molar-refractivity contribution in [3.05, 3.63) is 59.9 Å². The summed E-state index contributed by atoms with van der Waals surface area (Å²) in [6.45, 7) is 3.40. The number of pyridine rings is 1. The molecule has 1 heterocycles. The van der Waals surface area contributed by atoms with Crippen molar-refractivity contribution < 1.29 is 9.53 Å². The van der Waals surface area contributed by atoms with E-state index in [0.717, 1.165) is 17.1 Å². The van der Waals surface area contributed by atoms with Crippen molar-refractivity contribution in [1.29, 1.82) is 0 Å². The van der Waals surface area contributed by atoms with Crippen LogP contribution in [0.4, 0.5) is 0 Å². The molecule has 0 bridgehead atoms. The van der Waals surface area contributed by atoms with Gasteiger partial charge in [-0.05, 0) is 54.7 Å². The predicted molar refractivity (Wildman–Crippen MR) is 110 cm³/mol. The Morgan fingerprint density at radius 3 is 2.78 bits per heavy atom. The Bertz CT molecular complexity index is 706. The Hall–Kier alpha value is -1.85. The number of nitrogens with one attached hydrogen (secondary N) is 1. The predicted octanol–water partition coefficient (Wildman–Crippen LogP) is 4.70. The molecule has 0 radical (unpaired) electrons. The number of carbonyl (C=O) groups excluding carboxylic acids is 1. The van der Waals surface area contributed by atoms with Gasteiger partial charge >= 0.3 is 0 Å². The van der Waals surface area contributed by atoms with Crippen molar-refractivity contribution in [2.75, 3.05) is 13.2 Å². The van der Waals surface area contributed by atoms with Gasteiger partial charge in [-0.15, -0.1) is 11.8 Å². The van der Waals surface area contributed by atoms with E-state index in [1.807, 2.05) is 36.5 Å². The zero-order valence-electron chi connectivity index (χ0n) is 15.9. The average Bonchev–Trinajstić information content (AvgIpc) is 2.72. The van der Waals surface area contributed by atoms with E-state index in [-0.39, 0.29) is 5.91 Å². The summed E-state index contributed by atoms with van der Waals surface area (Å²) in [5.74, 6) is 1.46. The van der Waals surface area contributed by atoms with E-state index in [9.17, 15) is 4.79 Å². The summed E-state index contributed by atoms with van der Waals surface area (Å²) >= 11 is 1.74. The van der Waals surface area contributed by atoms with E-state index < -0.39 is 0 Å². The molecule has 1 fully saturated rings. The highest BCUT2D eigenvalue weighted by Crippen LogP contribution is 2.26. The van der Waals surface area contributed by atoms with Gasteiger partial charge in [0, 0.05) is 35.2 Å². The van der Waals surface area contributed by atoms with Crippen LogP contribution in [0.3, 0.4) is 0 Å². The molecule has 0 aliphatic heterocycles. The molecule has 0 spiro atoms. The molecule has 3 rings (SSSR count). The van der Waals surface area contributed by atoms with Gasteiger partial charge in [-0.1, -0.05) is 25.8 Å². The van der Waals surface area contributed by atoms with E-state index in [1.165, 1.54) is 24.8 Å². The van der Waals surface area contributed by atoms with Crippen molar-refractivity contribution in [3.63, 3.8) is 0 Å². The molecule has 0 unspecified atom stereocenters. The molecule has 27 heavy (non-hydrogen) atoms. The lowest BCUT2D eigenvalue weighted by molar-refractivity contribution is -0.00293. The normalized spacial score (nSPS) is 19.6. The summed E-state index contributed by atoms with van der Waals surface area (Å²) in [5.41, 5.74) is 1.88. The van der Waals surface area contributed by atoms with Crippen molar-refractivity contribution in [2.24, 2.45) is 5.92 Å². The van der Waals surface area contributed by atoms with Gasteiger partial charge in [0.05, 0.1) is 12.7 Å². The first-order valence-corrected chi connectivity index (χ1v) is 10.7. The second-order valence-electron chi connectivity index (χ2n) is 7.10. The maximum absolute atomic E-state index is 12.3. The van der Waals surface area contributed by atoms with Crippen LogP contribution in [0.15, 0.2) is 53.7 Å². The number of thioether (sulfide) groups is 1. The van der Waals surface area contributed by atoms with Gasteiger partial charge in [0.2, 0.25) is 0 Å². The summed E-state index contributed by atoms with van der Waals surface area (Å²) in [7, 11) is 0. The standard InChI is InChI=1S/C22H28N2O2S/c1-17-5-2-3-7-21(17)26-14-13-24-22(25)19-8-10-20(11-9-19)27-16-18-6-4-12-23-15-18/h4,6,8-12,15,17,21H,2-3,5,7,13-14,16H2,1H3,(H,24,25)/t17-,21+/m1/s1. The van der Waals surface area contributed by atoms with Gasteiger partial charge in [-0.3, -0.25) is 9.78 Å². The Labute approximate surface area is 166 Å². The summed E-state index contributed by atoms with van der Waals surface area (Å²) in [5, 5.41) is 2.95. The molecule has 2 atom stereocenters. The van der Waals surface area contributed by atoms with E-state index in [0.29, 0.717) is 30.7 Å². The highest BCUT2D eigenvalue weighted by Gasteiger charge is 2.21. The summed E-state index contributed by atoms with van der Waals surface area (Å²) < 4.78 is 5.95. The minimum Gasteiger partial charge on any atom is -0.376 e. The minimum atomic E-state index is -0.0425. The minimum absolute atomic E-state index is 0.0425. The highest BCUT2D eigenvalue weighted by atomic mass is 32.2. The number of hydrogen-bond donors (Lipinski definition) is 1. The molecular weight excluding hydrogens is 356 g/mol. The number of rotatable bonds is 8. The van der Waals surface area contributed by atoms with E-state index in [2.05, 4.69) is 23.3 Å². The van der Waals surface area contributed by atoms with Gasteiger partial charge in [0.25, 0.3) is 5.91 Å². The van der Waals surface area contributed by atoms with Crippen LogP contribution in [0.5, 0.6) is 0 Å². The van der Waals surface area contributed by atoms with E-state index in [1.54, 1.807) is 18.0 Å². The van der Waals surface area contributed by atoms with Gasteiger partial charge in [0.15, 0.2) is 0 Å². The Morgan fingerprint density at radius 2 is 2.04 bits per heavy atom. The number of carbonyl (C=O) groups is 1. The molecule has 1 aromatic carbocycles. The second-order valence-corrected chi connectivity index (χ2v) is 8.15. The first-order valence-electron chi connectivity index (χ1n) is 9.74.